The van der Waals surface area contributed by atoms with Crippen LogP contribution < -0.4 is 5.32 Å². The minimum Gasteiger partial charge on any atom is -0.357 e. The zero-order valence-corrected chi connectivity index (χ0v) is 14.7. The van der Waals surface area contributed by atoms with E-state index in [2.05, 4.69) is 46.1 Å². The number of rotatable bonds is 9. The summed E-state index contributed by atoms with van der Waals surface area (Å²) in [6.45, 7) is 8.76. The van der Waals surface area contributed by atoms with Crippen molar-refractivity contribution in [2.75, 3.05) is 40.3 Å². The van der Waals surface area contributed by atoms with Crippen molar-refractivity contribution in [3.05, 3.63) is 12.2 Å². The molecule has 22 heavy (non-hydrogen) atoms. The van der Waals surface area contributed by atoms with E-state index in [0.29, 0.717) is 6.54 Å². The molecule has 0 aliphatic heterocycles. The standard InChI is InChI=1S/C15H31N7/c1-6-8-10-20(3)11-9-17-15(16-7-2)21(4)12-14-18-13-19-22(14)5/h13H,6-12H2,1-5H3,(H,16,17). The fraction of sp³-hybridized carbons (Fsp3) is 0.800. The van der Waals surface area contributed by atoms with Crippen molar-refractivity contribution in [3.8, 4) is 0 Å². The molecular formula is C15H31N7. The fourth-order valence-electron chi connectivity index (χ4n) is 2.09. The normalized spacial score (nSPS) is 12.0. The Bertz CT molecular complexity index is 441. The SMILES string of the molecule is CCCCN(C)CCN=C(NCC)N(C)Cc1ncnn1C. The Morgan fingerprint density at radius 3 is 2.68 bits per heavy atom. The molecule has 1 rings (SSSR count). The van der Waals surface area contributed by atoms with Crippen LogP contribution in [0.5, 0.6) is 0 Å². The highest BCUT2D eigenvalue weighted by Gasteiger charge is 2.09. The number of aromatic nitrogens is 3. The molecule has 7 nitrogen and oxygen atoms in total. The number of nitrogens with zero attached hydrogens (tertiary/aromatic N) is 6. The van der Waals surface area contributed by atoms with E-state index >= 15 is 0 Å². The van der Waals surface area contributed by atoms with Gasteiger partial charge in [0.2, 0.25) is 0 Å². The first-order valence-corrected chi connectivity index (χ1v) is 8.09. The molecule has 1 heterocycles. The average Bonchev–Trinajstić information content (AvgIpc) is 2.89. The lowest BCUT2D eigenvalue weighted by molar-refractivity contribution is 0.336. The predicted molar refractivity (Wildman–Crippen MR) is 90.9 cm³/mol. The van der Waals surface area contributed by atoms with Crippen LogP contribution in [0.25, 0.3) is 0 Å². The number of unbranched alkanes of at least 4 members (excludes halogenated alkanes) is 1. The molecule has 0 atom stereocenters. The smallest absolute Gasteiger partial charge is 0.194 e. The van der Waals surface area contributed by atoms with Crippen molar-refractivity contribution in [2.24, 2.45) is 12.0 Å². The summed E-state index contributed by atoms with van der Waals surface area (Å²) in [5.41, 5.74) is 0. The van der Waals surface area contributed by atoms with Crippen LogP contribution in [-0.4, -0.2) is 70.8 Å². The van der Waals surface area contributed by atoms with Gasteiger partial charge in [-0.05, 0) is 26.9 Å². The molecule has 7 heteroatoms. The minimum atomic E-state index is 0.688. The average molecular weight is 309 g/mol. The number of nitrogens with one attached hydrogen (secondary N) is 1. The molecule has 1 aromatic rings. The van der Waals surface area contributed by atoms with Gasteiger partial charge in [-0.25, -0.2) is 4.98 Å². The second-order valence-electron chi connectivity index (χ2n) is 5.55. The van der Waals surface area contributed by atoms with Gasteiger partial charge >= 0.3 is 0 Å². The van der Waals surface area contributed by atoms with Gasteiger partial charge in [0.05, 0.1) is 13.1 Å². The third kappa shape index (κ3) is 6.43. The molecule has 0 spiro atoms. The molecule has 0 aliphatic rings. The van der Waals surface area contributed by atoms with Crippen molar-refractivity contribution >= 4 is 5.96 Å². The molecule has 0 aliphatic carbocycles. The molecule has 0 bridgehead atoms. The molecule has 0 fully saturated rings. The van der Waals surface area contributed by atoms with Crippen LogP contribution in [0.1, 0.15) is 32.5 Å². The third-order valence-corrected chi connectivity index (χ3v) is 3.52. The molecule has 0 amide bonds. The lowest BCUT2D eigenvalue weighted by Crippen LogP contribution is -2.39. The summed E-state index contributed by atoms with van der Waals surface area (Å²) < 4.78 is 1.79. The zero-order valence-electron chi connectivity index (χ0n) is 14.7. The van der Waals surface area contributed by atoms with Crippen LogP contribution in [0.2, 0.25) is 0 Å². The molecule has 1 N–H and O–H groups in total. The van der Waals surface area contributed by atoms with Crippen LogP contribution in [0, 0.1) is 0 Å². The second-order valence-corrected chi connectivity index (χ2v) is 5.55. The Balaban J connectivity index is 2.52. The van der Waals surface area contributed by atoms with Crippen molar-refractivity contribution in [3.63, 3.8) is 0 Å². The third-order valence-electron chi connectivity index (χ3n) is 3.52. The van der Waals surface area contributed by atoms with E-state index in [9.17, 15) is 0 Å². The highest BCUT2D eigenvalue weighted by atomic mass is 15.4. The Kier molecular flexibility index (Phi) is 8.50. The Morgan fingerprint density at radius 1 is 1.32 bits per heavy atom. The highest BCUT2D eigenvalue weighted by molar-refractivity contribution is 5.79. The highest BCUT2D eigenvalue weighted by Crippen LogP contribution is 1.98. The van der Waals surface area contributed by atoms with Crippen LogP contribution in [0.4, 0.5) is 0 Å². The van der Waals surface area contributed by atoms with Crippen LogP contribution in [0.3, 0.4) is 0 Å². The van der Waals surface area contributed by atoms with Crippen LogP contribution >= 0.6 is 0 Å². The molecule has 0 saturated heterocycles. The summed E-state index contributed by atoms with van der Waals surface area (Å²) in [4.78, 5) is 13.4. The lowest BCUT2D eigenvalue weighted by atomic mass is 10.3. The topological polar surface area (TPSA) is 61.6 Å². The molecule has 0 saturated carbocycles. The Morgan fingerprint density at radius 2 is 2.09 bits per heavy atom. The van der Waals surface area contributed by atoms with Gasteiger partial charge in [0.15, 0.2) is 5.96 Å². The summed E-state index contributed by atoms with van der Waals surface area (Å²) in [6.07, 6.45) is 4.05. The molecule has 0 radical (unpaired) electrons. The molecule has 126 valence electrons. The predicted octanol–water partition coefficient (Wildman–Crippen LogP) is 0.944. The van der Waals surface area contributed by atoms with Gasteiger partial charge in [-0.3, -0.25) is 9.67 Å². The van der Waals surface area contributed by atoms with Gasteiger partial charge in [-0.2, -0.15) is 5.10 Å². The van der Waals surface area contributed by atoms with Gasteiger partial charge in [-0.1, -0.05) is 13.3 Å². The summed E-state index contributed by atoms with van der Waals surface area (Å²) in [5.74, 6) is 1.84. The first kappa shape index (κ1) is 18.4. The van der Waals surface area contributed by atoms with Crippen molar-refractivity contribution < 1.29 is 0 Å². The van der Waals surface area contributed by atoms with E-state index < -0.39 is 0 Å². The van der Waals surface area contributed by atoms with Gasteiger partial charge in [0.25, 0.3) is 0 Å². The van der Waals surface area contributed by atoms with Crippen LogP contribution in [0.15, 0.2) is 11.3 Å². The van der Waals surface area contributed by atoms with E-state index in [1.165, 1.54) is 12.8 Å². The second kappa shape index (κ2) is 10.2. The van der Waals surface area contributed by atoms with Crippen LogP contribution in [-0.2, 0) is 13.6 Å². The molecule has 0 aromatic carbocycles. The number of hydrogen-bond donors (Lipinski definition) is 1. The van der Waals surface area contributed by atoms with Gasteiger partial charge in [0.1, 0.15) is 12.2 Å². The number of likely N-dealkylation sites (N-methyl/N-ethyl adjacent to an activating group) is 1. The monoisotopic (exact) mass is 309 g/mol. The maximum atomic E-state index is 4.70. The van der Waals surface area contributed by atoms with Crippen molar-refractivity contribution in [1.82, 2.24) is 29.9 Å². The Labute approximate surface area is 134 Å². The van der Waals surface area contributed by atoms with Crippen molar-refractivity contribution in [1.29, 1.82) is 0 Å². The van der Waals surface area contributed by atoms with Gasteiger partial charge < -0.3 is 15.1 Å². The van der Waals surface area contributed by atoms with E-state index in [4.69, 9.17) is 4.99 Å². The Hall–Kier alpha value is -1.63. The van der Waals surface area contributed by atoms with E-state index in [-0.39, 0.29) is 0 Å². The molecule has 1 aromatic heterocycles. The summed E-state index contributed by atoms with van der Waals surface area (Å²) in [6, 6.07) is 0. The lowest BCUT2D eigenvalue weighted by Gasteiger charge is -2.22. The number of aliphatic imine (C=N–C) groups is 1. The first-order chi connectivity index (χ1) is 10.6. The number of guanidine groups is 1. The quantitative estimate of drug-likeness (QED) is 0.543. The maximum Gasteiger partial charge on any atom is 0.194 e. The zero-order chi connectivity index (χ0) is 16.4. The fourth-order valence-corrected chi connectivity index (χ4v) is 2.09. The summed E-state index contributed by atoms with van der Waals surface area (Å²) in [5, 5.41) is 7.43. The number of hydrogen-bond acceptors (Lipinski definition) is 4. The first-order valence-electron chi connectivity index (χ1n) is 8.09. The van der Waals surface area contributed by atoms with E-state index in [0.717, 1.165) is 38.0 Å². The van der Waals surface area contributed by atoms with Crippen molar-refractivity contribution in [2.45, 2.75) is 33.2 Å². The summed E-state index contributed by atoms with van der Waals surface area (Å²) >= 11 is 0. The van der Waals surface area contributed by atoms with Gasteiger partial charge in [0, 0.05) is 27.2 Å². The maximum absolute atomic E-state index is 4.70. The van der Waals surface area contributed by atoms with E-state index in [1.54, 1.807) is 11.0 Å². The largest absolute Gasteiger partial charge is 0.357 e. The summed E-state index contributed by atoms with van der Waals surface area (Å²) in [7, 11) is 6.08. The van der Waals surface area contributed by atoms with E-state index in [1.807, 2.05) is 14.1 Å². The number of aryl methyl sites for hydroxylation is 1. The molecular weight excluding hydrogens is 278 g/mol. The molecule has 0 unspecified atom stereocenters. The minimum absolute atomic E-state index is 0.688. The van der Waals surface area contributed by atoms with Gasteiger partial charge in [-0.15, -0.1) is 0 Å².